The molecule has 1 amide bonds. The van der Waals surface area contributed by atoms with Gasteiger partial charge in [0.1, 0.15) is 6.33 Å². The molecule has 3 rings (SSSR count). The second-order valence-electron chi connectivity index (χ2n) is 3.97. The quantitative estimate of drug-likeness (QED) is 0.720. The third kappa shape index (κ3) is 2.36. The molecule has 9 heteroatoms. The molecule has 9 nitrogen and oxygen atoms in total. The number of hydrogen-bond donors (Lipinski definition) is 1. The topological polar surface area (TPSA) is 103 Å². The van der Waals surface area contributed by atoms with E-state index in [-0.39, 0.29) is 11.6 Å². The SMILES string of the molecule is Cn1cc(C(=O)Nc2cnc(-n3ccnc3)nc2)nn1. The number of imidazole rings is 1. The minimum atomic E-state index is -0.364. The smallest absolute Gasteiger partial charge is 0.277 e. The molecular weight excluding hydrogens is 260 g/mol. The number of aromatic nitrogens is 7. The zero-order valence-corrected chi connectivity index (χ0v) is 10.5. The van der Waals surface area contributed by atoms with Gasteiger partial charge >= 0.3 is 0 Å². The van der Waals surface area contributed by atoms with Crippen molar-refractivity contribution in [2.75, 3.05) is 5.32 Å². The molecule has 0 spiro atoms. The summed E-state index contributed by atoms with van der Waals surface area (Å²) in [5.74, 6) is 0.108. The maximum atomic E-state index is 11.8. The lowest BCUT2D eigenvalue weighted by Crippen LogP contribution is -2.13. The lowest BCUT2D eigenvalue weighted by molar-refractivity contribution is 0.102. The van der Waals surface area contributed by atoms with Crippen LogP contribution >= 0.6 is 0 Å². The Labute approximate surface area is 113 Å². The van der Waals surface area contributed by atoms with Gasteiger partial charge < -0.3 is 5.32 Å². The zero-order valence-electron chi connectivity index (χ0n) is 10.5. The van der Waals surface area contributed by atoms with Crippen LogP contribution in [-0.4, -0.2) is 40.4 Å². The molecule has 0 aromatic carbocycles. The van der Waals surface area contributed by atoms with Gasteiger partial charge in [-0.1, -0.05) is 5.21 Å². The number of hydrogen-bond acceptors (Lipinski definition) is 6. The highest BCUT2D eigenvalue weighted by atomic mass is 16.2. The molecule has 3 aromatic heterocycles. The van der Waals surface area contributed by atoms with Crippen LogP contribution in [0.3, 0.4) is 0 Å². The number of anilines is 1. The van der Waals surface area contributed by atoms with E-state index in [2.05, 4.69) is 30.6 Å². The highest BCUT2D eigenvalue weighted by Crippen LogP contribution is 2.07. The zero-order chi connectivity index (χ0) is 13.9. The first-order valence-electron chi connectivity index (χ1n) is 5.70. The van der Waals surface area contributed by atoms with Crippen molar-refractivity contribution >= 4 is 11.6 Å². The number of nitrogens with one attached hydrogen (secondary N) is 1. The molecule has 20 heavy (non-hydrogen) atoms. The molecule has 3 heterocycles. The first kappa shape index (κ1) is 12.0. The minimum absolute atomic E-state index is 0.228. The fraction of sp³-hybridized carbons (Fsp3) is 0.0909. The van der Waals surface area contributed by atoms with Crippen LogP contribution in [0.15, 0.2) is 37.3 Å². The monoisotopic (exact) mass is 270 g/mol. The van der Waals surface area contributed by atoms with Gasteiger partial charge in [0.15, 0.2) is 5.69 Å². The van der Waals surface area contributed by atoms with Crippen molar-refractivity contribution in [2.24, 2.45) is 7.05 Å². The van der Waals surface area contributed by atoms with Crippen LogP contribution in [0.4, 0.5) is 5.69 Å². The van der Waals surface area contributed by atoms with Gasteiger partial charge in [0, 0.05) is 19.4 Å². The van der Waals surface area contributed by atoms with E-state index >= 15 is 0 Å². The van der Waals surface area contributed by atoms with Crippen LogP contribution in [0.2, 0.25) is 0 Å². The van der Waals surface area contributed by atoms with E-state index in [1.807, 2.05) is 0 Å². The molecule has 0 saturated carbocycles. The average Bonchev–Trinajstić information content (AvgIpc) is 3.10. The van der Waals surface area contributed by atoms with Gasteiger partial charge in [0.05, 0.1) is 24.3 Å². The van der Waals surface area contributed by atoms with Gasteiger partial charge in [-0.3, -0.25) is 14.0 Å². The molecule has 0 atom stereocenters. The second-order valence-corrected chi connectivity index (χ2v) is 3.97. The number of rotatable bonds is 3. The first-order chi connectivity index (χ1) is 9.72. The van der Waals surface area contributed by atoms with Crippen molar-refractivity contribution in [3.05, 3.63) is 43.0 Å². The van der Waals surface area contributed by atoms with Crippen molar-refractivity contribution in [1.82, 2.24) is 34.5 Å². The van der Waals surface area contributed by atoms with Crippen LogP contribution in [0.5, 0.6) is 0 Å². The van der Waals surface area contributed by atoms with Crippen molar-refractivity contribution in [2.45, 2.75) is 0 Å². The predicted molar refractivity (Wildman–Crippen MR) is 68.1 cm³/mol. The number of carbonyl (C=O) groups excluding carboxylic acids is 1. The lowest BCUT2D eigenvalue weighted by atomic mass is 10.4. The fourth-order valence-electron chi connectivity index (χ4n) is 1.54. The summed E-state index contributed by atoms with van der Waals surface area (Å²) in [6.45, 7) is 0. The molecule has 100 valence electrons. The number of nitrogens with zero attached hydrogens (tertiary/aromatic N) is 7. The molecule has 0 unspecified atom stereocenters. The molecular formula is C11H10N8O. The summed E-state index contributed by atoms with van der Waals surface area (Å²) < 4.78 is 3.11. The van der Waals surface area contributed by atoms with Gasteiger partial charge in [-0.05, 0) is 0 Å². The third-order valence-corrected chi connectivity index (χ3v) is 2.47. The van der Waals surface area contributed by atoms with Crippen LogP contribution in [0, 0.1) is 0 Å². The maximum absolute atomic E-state index is 11.8. The third-order valence-electron chi connectivity index (χ3n) is 2.47. The van der Waals surface area contributed by atoms with Gasteiger partial charge in [-0.2, -0.15) is 0 Å². The van der Waals surface area contributed by atoms with E-state index in [4.69, 9.17) is 0 Å². The van der Waals surface area contributed by atoms with Crippen LogP contribution in [-0.2, 0) is 7.05 Å². The Hall–Kier alpha value is -3.10. The Balaban J connectivity index is 1.74. The molecule has 0 aliphatic heterocycles. The summed E-state index contributed by atoms with van der Waals surface area (Å²) in [4.78, 5) is 24.0. The van der Waals surface area contributed by atoms with Crippen molar-refractivity contribution < 1.29 is 4.79 Å². The van der Waals surface area contributed by atoms with Crippen LogP contribution in [0.25, 0.3) is 5.95 Å². The normalized spacial score (nSPS) is 10.4. The standard InChI is InChI=1S/C11H10N8O/c1-18-6-9(16-17-18)10(20)15-8-4-13-11(14-5-8)19-3-2-12-7-19/h2-7H,1H3,(H,15,20). The van der Waals surface area contributed by atoms with E-state index < -0.39 is 0 Å². The fourth-order valence-corrected chi connectivity index (χ4v) is 1.54. The number of carbonyl (C=O) groups is 1. The van der Waals surface area contributed by atoms with E-state index in [1.165, 1.54) is 23.3 Å². The summed E-state index contributed by atoms with van der Waals surface area (Å²) in [6.07, 6.45) is 9.50. The Morgan fingerprint density at radius 1 is 1.30 bits per heavy atom. The lowest BCUT2D eigenvalue weighted by Gasteiger charge is -2.03. The summed E-state index contributed by atoms with van der Waals surface area (Å²) in [5, 5.41) is 10.0. The second kappa shape index (κ2) is 4.88. The maximum Gasteiger partial charge on any atom is 0.277 e. The first-order valence-corrected chi connectivity index (χ1v) is 5.70. The Morgan fingerprint density at radius 2 is 2.10 bits per heavy atom. The molecule has 0 bridgehead atoms. The molecule has 3 aromatic rings. The van der Waals surface area contributed by atoms with Gasteiger partial charge in [0.25, 0.3) is 5.91 Å². The molecule has 0 aliphatic rings. The van der Waals surface area contributed by atoms with E-state index in [0.29, 0.717) is 11.6 Å². The highest BCUT2D eigenvalue weighted by Gasteiger charge is 2.10. The minimum Gasteiger partial charge on any atom is -0.318 e. The number of amides is 1. The number of aryl methyl sites for hydroxylation is 1. The Bertz CT molecular complexity index is 715. The highest BCUT2D eigenvalue weighted by molar-refractivity contribution is 6.02. The molecule has 0 radical (unpaired) electrons. The predicted octanol–water partition coefficient (Wildman–Crippen LogP) is 0.0431. The van der Waals surface area contributed by atoms with Gasteiger partial charge in [0.2, 0.25) is 5.95 Å². The molecule has 0 aliphatic carbocycles. The van der Waals surface area contributed by atoms with Crippen molar-refractivity contribution in [3.8, 4) is 5.95 Å². The summed E-state index contributed by atoms with van der Waals surface area (Å²) in [7, 11) is 1.69. The summed E-state index contributed by atoms with van der Waals surface area (Å²) >= 11 is 0. The van der Waals surface area contributed by atoms with E-state index in [0.717, 1.165) is 0 Å². The van der Waals surface area contributed by atoms with E-state index in [1.54, 1.807) is 30.3 Å². The summed E-state index contributed by atoms with van der Waals surface area (Å²) in [6, 6.07) is 0. The van der Waals surface area contributed by atoms with Crippen molar-refractivity contribution in [1.29, 1.82) is 0 Å². The van der Waals surface area contributed by atoms with Gasteiger partial charge in [-0.25, -0.2) is 15.0 Å². The molecule has 0 fully saturated rings. The summed E-state index contributed by atoms with van der Waals surface area (Å²) in [5.41, 5.74) is 0.704. The molecule has 1 N–H and O–H groups in total. The molecule has 0 saturated heterocycles. The van der Waals surface area contributed by atoms with Crippen LogP contribution in [0.1, 0.15) is 10.5 Å². The van der Waals surface area contributed by atoms with Gasteiger partial charge in [-0.15, -0.1) is 5.10 Å². The van der Waals surface area contributed by atoms with Crippen molar-refractivity contribution in [3.63, 3.8) is 0 Å². The Kier molecular flexibility index (Phi) is 2.92. The Morgan fingerprint density at radius 3 is 2.70 bits per heavy atom. The van der Waals surface area contributed by atoms with E-state index in [9.17, 15) is 4.79 Å². The van der Waals surface area contributed by atoms with Crippen LogP contribution < -0.4 is 5.32 Å². The largest absolute Gasteiger partial charge is 0.318 e. The average molecular weight is 270 g/mol.